The van der Waals surface area contributed by atoms with Gasteiger partial charge < -0.3 is 15.0 Å². The van der Waals surface area contributed by atoms with Gasteiger partial charge in [0.05, 0.1) is 31.6 Å². The number of nitrogens with one attached hydrogen (secondary N) is 1. The molecule has 1 aliphatic carbocycles. The third-order valence-electron chi connectivity index (χ3n) is 6.08. The highest BCUT2D eigenvalue weighted by Gasteiger charge is 2.33. The van der Waals surface area contributed by atoms with Crippen LogP contribution in [-0.2, 0) is 16.1 Å². The molecule has 5 rings (SSSR count). The summed E-state index contributed by atoms with van der Waals surface area (Å²) < 4.78 is 7.62. The summed E-state index contributed by atoms with van der Waals surface area (Å²) in [7, 11) is 0. The Labute approximate surface area is 198 Å². The number of rotatable bonds is 9. The van der Waals surface area contributed by atoms with Crippen LogP contribution >= 0.6 is 11.8 Å². The number of ether oxygens (including phenoxy) is 1. The third kappa shape index (κ3) is 5.57. The molecule has 172 valence electrons. The van der Waals surface area contributed by atoms with Crippen LogP contribution in [0.2, 0.25) is 0 Å². The van der Waals surface area contributed by atoms with Crippen LogP contribution in [0.1, 0.15) is 30.0 Å². The summed E-state index contributed by atoms with van der Waals surface area (Å²) >= 11 is 1.45. The smallest absolute Gasteiger partial charge is 0.230 e. The molecule has 8 heteroatoms. The second-order valence-electron chi connectivity index (χ2n) is 8.54. The first kappa shape index (κ1) is 22.0. The van der Waals surface area contributed by atoms with Crippen molar-refractivity contribution in [2.24, 2.45) is 5.92 Å². The Hall–Kier alpha value is -2.84. The van der Waals surface area contributed by atoms with E-state index in [1.165, 1.54) is 35.7 Å². The fourth-order valence-corrected chi connectivity index (χ4v) is 4.94. The molecular formula is C25H29N5O2S. The molecule has 1 saturated carbocycles. The molecular weight excluding hydrogens is 434 g/mol. The fraction of sp³-hybridized carbons (Fsp3) is 0.400. The van der Waals surface area contributed by atoms with Gasteiger partial charge in [0.2, 0.25) is 11.9 Å². The lowest BCUT2D eigenvalue weighted by Gasteiger charge is -2.28. The molecule has 1 amide bonds. The lowest BCUT2D eigenvalue weighted by atomic mass is 10.0. The maximum absolute atomic E-state index is 12.9. The summed E-state index contributed by atoms with van der Waals surface area (Å²) in [5.41, 5.74) is 2.36. The normalized spacial score (nSPS) is 17.0. The second-order valence-corrected chi connectivity index (χ2v) is 9.48. The molecule has 2 aliphatic rings. The van der Waals surface area contributed by atoms with Gasteiger partial charge >= 0.3 is 0 Å². The van der Waals surface area contributed by atoms with E-state index in [0.29, 0.717) is 31.4 Å². The van der Waals surface area contributed by atoms with Crippen molar-refractivity contribution in [2.45, 2.75) is 30.6 Å². The average Bonchev–Trinajstić information content (AvgIpc) is 3.64. The number of anilines is 1. The second kappa shape index (κ2) is 10.4. The number of benzene rings is 2. The molecule has 1 aliphatic heterocycles. The summed E-state index contributed by atoms with van der Waals surface area (Å²) in [5, 5.41) is 13.0. The van der Waals surface area contributed by atoms with E-state index in [2.05, 4.69) is 49.2 Å². The Morgan fingerprint density at radius 2 is 1.73 bits per heavy atom. The van der Waals surface area contributed by atoms with E-state index in [0.717, 1.165) is 24.2 Å². The van der Waals surface area contributed by atoms with Gasteiger partial charge in [0.1, 0.15) is 0 Å². The molecule has 0 radical (unpaired) electrons. The number of hydrogen-bond acceptors (Lipinski definition) is 6. The largest absolute Gasteiger partial charge is 0.378 e. The molecule has 1 unspecified atom stereocenters. The quantitative estimate of drug-likeness (QED) is 0.490. The van der Waals surface area contributed by atoms with Gasteiger partial charge in [-0.1, -0.05) is 72.4 Å². The number of thioether (sulfide) groups is 1. The number of hydrogen-bond donors (Lipinski definition) is 1. The van der Waals surface area contributed by atoms with Gasteiger partial charge in [0.25, 0.3) is 0 Å². The number of carbonyl (C=O) groups excluding carboxylic acids is 1. The summed E-state index contributed by atoms with van der Waals surface area (Å²) in [6.45, 7) is 3.62. The molecule has 1 saturated heterocycles. The SMILES string of the molecule is O=C(CSc1nnc(N2CCOCC2)n1Cc1ccccc1)NC(c1ccccc1)C1CC1. The van der Waals surface area contributed by atoms with Gasteiger partial charge in [-0.05, 0) is 29.9 Å². The number of amides is 1. The van der Waals surface area contributed by atoms with Crippen molar-refractivity contribution in [2.75, 3.05) is 37.0 Å². The Bertz CT molecular complexity index is 1050. The zero-order valence-electron chi connectivity index (χ0n) is 18.6. The van der Waals surface area contributed by atoms with Crippen molar-refractivity contribution >= 4 is 23.6 Å². The number of morpholine rings is 1. The number of carbonyl (C=O) groups is 1. The first-order valence-corrected chi connectivity index (χ1v) is 12.5. The maximum atomic E-state index is 12.9. The van der Waals surface area contributed by atoms with E-state index in [1.807, 2.05) is 36.4 Å². The summed E-state index contributed by atoms with van der Waals surface area (Å²) in [6.07, 6.45) is 2.34. The fourth-order valence-electron chi connectivity index (χ4n) is 4.20. The average molecular weight is 464 g/mol. The van der Waals surface area contributed by atoms with Gasteiger partial charge in [0.15, 0.2) is 5.16 Å². The molecule has 2 fully saturated rings. The highest BCUT2D eigenvalue weighted by molar-refractivity contribution is 7.99. The Balaban J connectivity index is 1.29. The van der Waals surface area contributed by atoms with Gasteiger partial charge in [-0.15, -0.1) is 10.2 Å². The van der Waals surface area contributed by atoms with E-state index >= 15 is 0 Å². The maximum Gasteiger partial charge on any atom is 0.230 e. The highest BCUT2D eigenvalue weighted by atomic mass is 32.2. The predicted molar refractivity (Wildman–Crippen MR) is 129 cm³/mol. The molecule has 3 aromatic rings. The van der Waals surface area contributed by atoms with Crippen molar-refractivity contribution < 1.29 is 9.53 Å². The van der Waals surface area contributed by atoms with E-state index in [4.69, 9.17) is 4.74 Å². The van der Waals surface area contributed by atoms with Gasteiger partial charge in [0, 0.05) is 13.1 Å². The lowest BCUT2D eigenvalue weighted by molar-refractivity contribution is -0.119. The van der Waals surface area contributed by atoms with E-state index < -0.39 is 0 Å². The Kier molecular flexibility index (Phi) is 6.92. The molecule has 2 aromatic carbocycles. The van der Waals surface area contributed by atoms with Crippen molar-refractivity contribution in [3.63, 3.8) is 0 Å². The van der Waals surface area contributed by atoms with Crippen LogP contribution in [0, 0.1) is 5.92 Å². The highest BCUT2D eigenvalue weighted by Crippen LogP contribution is 2.41. The molecule has 0 bridgehead atoms. The Morgan fingerprint density at radius 3 is 2.42 bits per heavy atom. The van der Waals surface area contributed by atoms with Crippen LogP contribution in [0.3, 0.4) is 0 Å². The van der Waals surface area contributed by atoms with Crippen molar-refractivity contribution in [1.29, 1.82) is 0 Å². The number of nitrogens with zero attached hydrogens (tertiary/aromatic N) is 4. The minimum absolute atomic E-state index is 0.0305. The van der Waals surface area contributed by atoms with Crippen LogP contribution in [0.5, 0.6) is 0 Å². The van der Waals surface area contributed by atoms with Crippen LogP contribution in [-0.4, -0.2) is 52.7 Å². The predicted octanol–water partition coefficient (Wildman–Crippen LogP) is 3.52. The van der Waals surface area contributed by atoms with Gasteiger partial charge in [-0.3, -0.25) is 9.36 Å². The Morgan fingerprint density at radius 1 is 1.03 bits per heavy atom. The van der Waals surface area contributed by atoms with Crippen LogP contribution < -0.4 is 10.2 Å². The van der Waals surface area contributed by atoms with Crippen LogP contribution in [0.4, 0.5) is 5.95 Å². The molecule has 7 nitrogen and oxygen atoms in total. The van der Waals surface area contributed by atoms with Gasteiger partial charge in [-0.25, -0.2) is 0 Å². The topological polar surface area (TPSA) is 72.3 Å². The lowest BCUT2D eigenvalue weighted by Crippen LogP contribution is -2.38. The van der Waals surface area contributed by atoms with Crippen molar-refractivity contribution in [3.8, 4) is 0 Å². The minimum Gasteiger partial charge on any atom is -0.378 e. The standard InChI is InChI=1S/C25H29N5O2S/c31-22(26-23(21-11-12-21)20-9-5-2-6-10-20)18-33-25-28-27-24(29-13-15-32-16-14-29)30(25)17-19-7-3-1-4-8-19/h1-10,21,23H,11-18H2,(H,26,31). The molecule has 33 heavy (non-hydrogen) atoms. The monoisotopic (exact) mass is 463 g/mol. The van der Waals surface area contributed by atoms with Gasteiger partial charge in [-0.2, -0.15) is 0 Å². The molecule has 1 N–H and O–H groups in total. The zero-order chi connectivity index (χ0) is 22.5. The van der Waals surface area contributed by atoms with E-state index in [9.17, 15) is 4.79 Å². The zero-order valence-corrected chi connectivity index (χ0v) is 19.4. The van der Waals surface area contributed by atoms with Crippen molar-refractivity contribution in [3.05, 3.63) is 71.8 Å². The molecule has 2 heterocycles. The molecule has 1 atom stereocenters. The molecule has 0 spiro atoms. The summed E-state index contributed by atoms with van der Waals surface area (Å²) in [4.78, 5) is 15.1. The first-order valence-electron chi connectivity index (χ1n) is 11.5. The van der Waals surface area contributed by atoms with E-state index in [-0.39, 0.29) is 11.9 Å². The van der Waals surface area contributed by atoms with Crippen molar-refractivity contribution in [1.82, 2.24) is 20.1 Å². The minimum atomic E-state index is 0.0305. The third-order valence-corrected chi connectivity index (χ3v) is 7.04. The first-order chi connectivity index (χ1) is 16.3. The van der Waals surface area contributed by atoms with Crippen LogP contribution in [0.25, 0.3) is 0 Å². The summed E-state index contributed by atoms with van der Waals surface area (Å²) in [6, 6.07) is 20.7. The van der Waals surface area contributed by atoms with E-state index in [1.54, 1.807) is 0 Å². The molecule has 1 aromatic heterocycles. The summed E-state index contributed by atoms with van der Waals surface area (Å²) in [5.74, 6) is 1.72. The number of aromatic nitrogens is 3. The van der Waals surface area contributed by atoms with Crippen LogP contribution in [0.15, 0.2) is 65.8 Å².